The van der Waals surface area contributed by atoms with Crippen molar-refractivity contribution >= 4 is 8.56 Å². The molecule has 0 aromatic rings. The molecular formula is C17H36O2Si. The molecule has 1 rings (SSSR count). The maximum absolute atomic E-state index is 6.23. The number of hydrogen-bond donors (Lipinski definition) is 0. The highest BCUT2D eigenvalue weighted by Crippen LogP contribution is 2.67. The van der Waals surface area contributed by atoms with Crippen LogP contribution in [-0.2, 0) is 8.85 Å². The molecule has 0 heterocycles. The van der Waals surface area contributed by atoms with E-state index in [1.165, 1.54) is 25.7 Å². The van der Waals surface area contributed by atoms with Crippen molar-refractivity contribution in [2.45, 2.75) is 78.3 Å². The monoisotopic (exact) mass is 300 g/mol. The van der Waals surface area contributed by atoms with Crippen LogP contribution in [0, 0.1) is 17.3 Å². The van der Waals surface area contributed by atoms with Gasteiger partial charge >= 0.3 is 8.56 Å². The molecule has 0 saturated heterocycles. The Hall–Kier alpha value is 0.137. The van der Waals surface area contributed by atoms with Crippen LogP contribution >= 0.6 is 0 Å². The maximum Gasteiger partial charge on any atom is 0.344 e. The standard InChI is InChI=1S/C17H36O2Si/c1-9-15(10-2)13-20(18-7,19-8)17(6)14(3)11-12-16(17,4)5/h14-15H,9-13H2,1-8H3. The summed E-state index contributed by atoms with van der Waals surface area (Å²) in [5.74, 6) is 1.40. The summed E-state index contributed by atoms with van der Waals surface area (Å²) >= 11 is 0. The van der Waals surface area contributed by atoms with Crippen LogP contribution in [0.5, 0.6) is 0 Å². The molecule has 0 radical (unpaired) electrons. The summed E-state index contributed by atoms with van der Waals surface area (Å²) in [5.41, 5.74) is 0.302. The van der Waals surface area contributed by atoms with Crippen molar-refractivity contribution in [1.29, 1.82) is 0 Å². The van der Waals surface area contributed by atoms with Gasteiger partial charge in [0.25, 0.3) is 0 Å². The molecule has 0 amide bonds. The van der Waals surface area contributed by atoms with Crippen molar-refractivity contribution in [3.05, 3.63) is 0 Å². The van der Waals surface area contributed by atoms with E-state index >= 15 is 0 Å². The Balaban J connectivity index is 3.23. The van der Waals surface area contributed by atoms with Crippen LogP contribution in [0.15, 0.2) is 0 Å². The van der Waals surface area contributed by atoms with Crippen molar-refractivity contribution in [2.75, 3.05) is 14.2 Å². The molecule has 1 saturated carbocycles. The van der Waals surface area contributed by atoms with Crippen LogP contribution < -0.4 is 0 Å². The molecule has 1 aliphatic rings. The quantitative estimate of drug-likeness (QED) is 0.588. The Labute approximate surface area is 127 Å². The fourth-order valence-electron chi connectivity index (χ4n) is 4.53. The molecule has 20 heavy (non-hydrogen) atoms. The predicted octanol–water partition coefficient (Wildman–Crippen LogP) is 5.37. The van der Waals surface area contributed by atoms with E-state index in [0.29, 0.717) is 11.3 Å². The second-order valence-corrected chi connectivity index (χ2v) is 11.3. The third kappa shape index (κ3) is 2.61. The van der Waals surface area contributed by atoms with E-state index in [9.17, 15) is 0 Å². The van der Waals surface area contributed by atoms with E-state index in [-0.39, 0.29) is 5.04 Å². The molecular weight excluding hydrogens is 264 g/mol. The lowest BCUT2D eigenvalue weighted by Gasteiger charge is -2.52. The summed E-state index contributed by atoms with van der Waals surface area (Å²) in [6.07, 6.45) is 5.04. The Kier molecular flexibility index (Phi) is 5.90. The second kappa shape index (κ2) is 6.49. The topological polar surface area (TPSA) is 18.5 Å². The van der Waals surface area contributed by atoms with Crippen LogP contribution in [0.4, 0.5) is 0 Å². The largest absolute Gasteiger partial charge is 0.397 e. The lowest BCUT2D eigenvalue weighted by Crippen LogP contribution is -2.58. The summed E-state index contributed by atoms with van der Waals surface area (Å²) in [5, 5.41) is 0.187. The van der Waals surface area contributed by atoms with Crippen LogP contribution in [0.25, 0.3) is 0 Å². The summed E-state index contributed by atoms with van der Waals surface area (Å²) < 4.78 is 12.5. The van der Waals surface area contributed by atoms with Crippen LogP contribution in [0.3, 0.4) is 0 Å². The van der Waals surface area contributed by atoms with Crippen molar-refractivity contribution < 1.29 is 8.85 Å². The third-order valence-corrected chi connectivity index (χ3v) is 11.9. The molecule has 0 aromatic carbocycles. The van der Waals surface area contributed by atoms with Gasteiger partial charge < -0.3 is 8.85 Å². The van der Waals surface area contributed by atoms with Gasteiger partial charge in [-0.25, -0.2) is 0 Å². The fraction of sp³-hybridized carbons (Fsp3) is 1.00. The first-order valence-corrected chi connectivity index (χ1v) is 10.4. The summed E-state index contributed by atoms with van der Waals surface area (Å²) in [4.78, 5) is 0. The molecule has 0 spiro atoms. The van der Waals surface area contributed by atoms with Gasteiger partial charge in [-0.05, 0) is 36.1 Å². The normalized spacial score (nSPS) is 30.1. The predicted molar refractivity (Wildman–Crippen MR) is 89.2 cm³/mol. The van der Waals surface area contributed by atoms with E-state index in [1.54, 1.807) is 0 Å². The SMILES string of the molecule is CCC(CC)C[Si](OC)(OC)C1(C)C(C)CCC1(C)C. The Bertz CT molecular complexity index is 308. The van der Waals surface area contributed by atoms with E-state index in [0.717, 1.165) is 12.0 Å². The summed E-state index contributed by atoms with van der Waals surface area (Å²) in [7, 11) is 1.55. The molecule has 0 aliphatic heterocycles. The smallest absolute Gasteiger partial charge is 0.344 e. The lowest BCUT2D eigenvalue weighted by molar-refractivity contribution is 0.132. The van der Waals surface area contributed by atoms with Gasteiger partial charge in [0, 0.05) is 19.3 Å². The van der Waals surface area contributed by atoms with Gasteiger partial charge in [0.1, 0.15) is 0 Å². The van der Waals surface area contributed by atoms with Gasteiger partial charge in [-0.3, -0.25) is 0 Å². The fourth-order valence-corrected chi connectivity index (χ4v) is 9.69. The first-order chi connectivity index (χ1) is 9.24. The molecule has 120 valence electrons. The van der Waals surface area contributed by atoms with Crippen LogP contribution in [0.1, 0.15) is 67.2 Å². The van der Waals surface area contributed by atoms with Gasteiger partial charge in [0.05, 0.1) is 0 Å². The van der Waals surface area contributed by atoms with E-state index < -0.39 is 8.56 Å². The molecule has 3 heteroatoms. The first-order valence-electron chi connectivity index (χ1n) is 8.35. The van der Waals surface area contributed by atoms with Crippen molar-refractivity contribution in [3.63, 3.8) is 0 Å². The zero-order valence-corrected chi connectivity index (χ0v) is 16.0. The Morgan fingerprint density at radius 3 is 1.90 bits per heavy atom. The second-order valence-electron chi connectivity index (χ2n) is 7.57. The van der Waals surface area contributed by atoms with E-state index in [2.05, 4.69) is 41.5 Å². The van der Waals surface area contributed by atoms with E-state index in [1.807, 2.05) is 14.2 Å². The summed E-state index contributed by atoms with van der Waals surface area (Å²) in [6.45, 7) is 14.3. The van der Waals surface area contributed by atoms with Crippen LogP contribution in [-0.4, -0.2) is 22.8 Å². The molecule has 1 aliphatic carbocycles. The lowest BCUT2D eigenvalue weighted by atomic mass is 9.79. The molecule has 2 unspecified atom stereocenters. The van der Waals surface area contributed by atoms with Gasteiger partial charge in [0.2, 0.25) is 0 Å². The van der Waals surface area contributed by atoms with Crippen LogP contribution in [0.2, 0.25) is 11.1 Å². The van der Waals surface area contributed by atoms with Gasteiger partial charge in [0.15, 0.2) is 0 Å². The molecule has 0 bridgehead atoms. The van der Waals surface area contributed by atoms with Crippen molar-refractivity contribution in [3.8, 4) is 0 Å². The number of hydrogen-bond acceptors (Lipinski definition) is 2. The molecule has 1 fully saturated rings. The van der Waals surface area contributed by atoms with Gasteiger partial charge in [-0.2, -0.15) is 0 Å². The first kappa shape index (κ1) is 18.2. The van der Waals surface area contributed by atoms with E-state index in [4.69, 9.17) is 8.85 Å². The minimum Gasteiger partial charge on any atom is -0.397 e. The van der Waals surface area contributed by atoms with Crippen molar-refractivity contribution in [1.82, 2.24) is 0 Å². The zero-order chi connectivity index (χ0) is 15.6. The maximum atomic E-state index is 6.23. The number of rotatable bonds is 7. The minimum atomic E-state index is -2.24. The van der Waals surface area contributed by atoms with Gasteiger partial charge in [-0.1, -0.05) is 54.4 Å². The summed E-state index contributed by atoms with van der Waals surface area (Å²) in [6, 6.07) is 1.14. The highest BCUT2D eigenvalue weighted by molar-refractivity contribution is 6.71. The molecule has 2 atom stereocenters. The Morgan fingerprint density at radius 1 is 1.10 bits per heavy atom. The van der Waals surface area contributed by atoms with Gasteiger partial charge in [-0.15, -0.1) is 0 Å². The molecule has 2 nitrogen and oxygen atoms in total. The minimum absolute atomic E-state index is 0.187. The third-order valence-electron chi connectivity index (χ3n) is 6.76. The average Bonchev–Trinajstić information content (AvgIpc) is 2.65. The highest BCUT2D eigenvalue weighted by atomic mass is 28.4. The Morgan fingerprint density at radius 2 is 1.60 bits per heavy atom. The molecule has 0 N–H and O–H groups in total. The average molecular weight is 301 g/mol. The molecule has 0 aromatic heterocycles. The highest BCUT2D eigenvalue weighted by Gasteiger charge is 2.65. The van der Waals surface area contributed by atoms with Crippen molar-refractivity contribution in [2.24, 2.45) is 17.3 Å². The zero-order valence-electron chi connectivity index (χ0n) is 15.0.